The molecule has 1 heterocycles. The van der Waals surface area contributed by atoms with E-state index in [2.05, 4.69) is 0 Å². The fourth-order valence-electron chi connectivity index (χ4n) is 2.21. The Kier molecular flexibility index (Phi) is 7.08. The van der Waals surface area contributed by atoms with Crippen molar-refractivity contribution in [2.45, 2.75) is 58.1 Å². The number of aliphatic hydroxyl groups is 1. The summed E-state index contributed by atoms with van der Waals surface area (Å²) in [5, 5.41) is 23.0. The first-order valence-corrected chi connectivity index (χ1v) is 7.27. The van der Waals surface area contributed by atoms with E-state index in [1.54, 1.807) is 6.92 Å². The van der Waals surface area contributed by atoms with Crippen LogP contribution in [0.25, 0.3) is 0 Å². The fraction of sp³-hybridized carbons (Fsp3) is 0.786. The molecular formula is C14H21O10. The molecule has 0 aromatic carbocycles. The molecule has 0 spiro atoms. The summed E-state index contributed by atoms with van der Waals surface area (Å²) in [6.45, 7) is 4.40. The van der Waals surface area contributed by atoms with Crippen LogP contribution >= 0.6 is 0 Å². The van der Waals surface area contributed by atoms with Crippen LogP contribution in [0.4, 0.5) is 0 Å². The monoisotopic (exact) mass is 349 g/mol. The van der Waals surface area contributed by atoms with Crippen molar-refractivity contribution in [2.75, 3.05) is 13.2 Å². The zero-order valence-electron chi connectivity index (χ0n) is 13.8. The Labute approximate surface area is 138 Å². The normalized spacial score (nSPS) is 28.8. The van der Waals surface area contributed by atoms with Gasteiger partial charge in [0, 0.05) is 27.4 Å². The molecule has 10 nitrogen and oxygen atoms in total. The highest BCUT2D eigenvalue weighted by Gasteiger charge is 2.61. The van der Waals surface area contributed by atoms with Crippen molar-refractivity contribution in [2.24, 2.45) is 0 Å². The van der Waals surface area contributed by atoms with Crippen molar-refractivity contribution >= 4 is 17.9 Å². The molecule has 0 aromatic rings. The molecule has 0 unspecified atom stereocenters. The number of esters is 3. The minimum absolute atomic E-state index is 0.0804. The second kappa shape index (κ2) is 8.38. The van der Waals surface area contributed by atoms with Crippen LogP contribution in [0.2, 0.25) is 0 Å². The average Bonchev–Trinajstić information content (AvgIpc) is 2.44. The molecule has 0 aliphatic carbocycles. The molecule has 1 fully saturated rings. The molecule has 5 atom stereocenters. The Morgan fingerprint density at radius 1 is 1.04 bits per heavy atom. The minimum atomic E-state index is -3.07. The maximum atomic E-state index is 12.7. The Morgan fingerprint density at radius 3 is 2.04 bits per heavy atom. The molecule has 1 radical (unpaired) electrons. The van der Waals surface area contributed by atoms with E-state index >= 15 is 0 Å². The molecule has 0 bridgehead atoms. The number of carbonyl (C=O) groups excluding carboxylic acids is 3. The third kappa shape index (κ3) is 5.13. The summed E-state index contributed by atoms with van der Waals surface area (Å²) in [5.74, 6) is -5.46. The summed E-state index contributed by atoms with van der Waals surface area (Å²) in [6.07, 6.45) is -6.29. The quantitative estimate of drug-likeness (QED) is 0.374. The summed E-state index contributed by atoms with van der Waals surface area (Å²) in [6, 6.07) is 0. The average molecular weight is 349 g/mol. The van der Waals surface area contributed by atoms with Crippen molar-refractivity contribution in [1.29, 1.82) is 0 Å². The van der Waals surface area contributed by atoms with Gasteiger partial charge in [-0.2, -0.15) is 5.11 Å². The van der Waals surface area contributed by atoms with E-state index < -0.39 is 54.9 Å². The molecule has 24 heavy (non-hydrogen) atoms. The lowest BCUT2D eigenvalue weighted by molar-refractivity contribution is -0.403. The first kappa shape index (κ1) is 20.3. The Bertz CT molecular complexity index is 474. The Morgan fingerprint density at radius 2 is 1.58 bits per heavy atom. The van der Waals surface area contributed by atoms with Crippen molar-refractivity contribution in [1.82, 2.24) is 0 Å². The molecular weight excluding hydrogens is 328 g/mol. The van der Waals surface area contributed by atoms with E-state index in [9.17, 15) is 24.6 Å². The van der Waals surface area contributed by atoms with Gasteiger partial charge < -0.3 is 28.8 Å². The Balaban J connectivity index is 3.14. The van der Waals surface area contributed by atoms with Crippen LogP contribution in [-0.2, 0) is 43.2 Å². The van der Waals surface area contributed by atoms with Gasteiger partial charge in [-0.1, -0.05) is 0 Å². The molecule has 1 aliphatic heterocycles. The molecule has 10 heteroatoms. The van der Waals surface area contributed by atoms with Crippen LogP contribution in [0.5, 0.6) is 0 Å². The van der Waals surface area contributed by atoms with Gasteiger partial charge in [0.05, 0.1) is 0 Å². The number of ether oxygens (including phenoxy) is 5. The predicted octanol–water partition coefficient (Wildman–Crippen LogP) is -0.707. The first-order chi connectivity index (χ1) is 11.1. The maximum Gasteiger partial charge on any atom is 0.303 e. The van der Waals surface area contributed by atoms with Crippen LogP contribution in [0.1, 0.15) is 27.7 Å². The minimum Gasteiger partial charge on any atom is -0.463 e. The number of hydrogen-bond acceptors (Lipinski definition) is 9. The van der Waals surface area contributed by atoms with Crippen molar-refractivity contribution in [3.05, 3.63) is 0 Å². The maximum absolute atomic E-state index is 12.7. The lowest BCUT2D eigenvalue weighted by Crippen LogP contribution is -2.69. The second-order valence-electron chi connectivity index (χ2n) is 5.11. The van der Waals surface area contributed by atoms with E-state index in [0.717, 1.165) is 20.8 Å². The smallest absolute Gasteiger partial charge is 0.303 e. The molecule has 0 aromatic heterocycles. The van der Waals surface area contributed by atoms with Gasteiger partial charge in [0.15, 0.2) is 6.10 Å². The molecule has 0 amide bonds. The zero-order chi connectivity index (χ0) is 18.5. The molecule has 1 rings (SSSR count). The topological polar surface area (TPSA) is 137 Å². The molecule has 0 saturated carbocycles. The van der Waals surface area contributed by atoms with Gasteiger partial charge in [0.1, 0.15) is 12.7 Å². The van der Waals surface area contributed by atoms with Gasteiger partial charge >= 0.3 is 17.9 Å². The van der Waals surface area contributed by atoms with Gasteiger partial charge in [-0.3, -0.25) is 14.4 Å². The fourth-order valence-corrected chi connectivity index (χ4v) is 2.21. The molecule has 1 saturated heterocycles. The van der Waals surface area contributed by atoms with E-state index in [0.29, 0.717) is 0 Å². The first-order valence-electron chi connectivity index (χ1n) is 7.27. The van der Waals surface area contributed by atoms with Crippen LogP contribution in [0, 0.1) is 0 Å². The van der Waals surface area contributed by atoms with Gasteiger partial charge in [-0.05, 0) is 6.92 Å². The predicted molar refractivity (Wildman–Crippen MR) is 73.7 cm³/mol. The van der Waals surface area contributed by atoms with Gasteiger partial charge in [-0.25, -0.2) is 0 Å². The zero-order valence-corrected chi connectivity index (χ0v) is 13.8. The van der Waals surface area contributed by atoms with E-state index in [-0.39, 0.29) is 6.61 Å². The van der Waals surface area contributed by atoms with Gasteiger partial charge in [-0.15, -0.1) is 0 Å². The van der Waals surface area contributed by atoms with E-state index in [1.165, 1.54) is 0 Å². The molecule has 1 N–H and O–H groups in total. The summed E-state index contributed by atoms with van der Waals surface area (Å²) < 4.78 is 25.0. The highest BCUT2D eigenvalue weighted by atomic mass is 16.7. The standard InChI is InChI=1S/C14H21O10/c1-5-20-13-12(23-9(4)17)14(18,19)11(22-8(3)16)10(24-13)6-21-7(2)15/h10-13,18H,5-6H2,1-4H3/t10-,11+,12+,13-,14-/m1/s1. The van der Waals surface area contributed by atoms with Gasteiger partial charge in [0.2, 0.25) is 12.4 Å². The second-order valence-corrected chi connectivity index (χ2v) is 5.11. The molecule has 1 aliphatic rings. The van der Waals surface area contributed by atoms with Crippen LogP contribution in [-0.4, -0.2) is 66.6 Å². The summed E-state index contributed by atoms with van der Waals surface area (Å²) in [7, 11) is 0. The highest BCUT2D eigenvalue weighted by molar-refractivity contribution is 5.67. The lowest BCUT2D eigenvalue weighted by atomic mass is 9.94. The van der Waals surface area contributed by atoms with Crippen molar-refractivity contribution in [3.63, 3.8) is 0 Å². The summed E-state index contributed by atoms with van der Waals surface area (Å²) >= 11 is 0. The van der Waals surface area contributed by atoms with Gasteiger partial charge in [0.25, 0.3) is 5.79 Å². The lowest BCUT2D eigenvalue weighted by Gasteiger charge is -2.45. The highest BCUT2D eigenvalue weighted by Crippen LogP contribution is 2.34. The van der Waals surface area contributed by atoms with E-state index in [4.69, 9.17) is 23.7 Å². The molecule has 137 valence electrons. The number of carbonyl (C=O) groups is 3. The SMILES string of the molecule is CCO[C@@H]1O[C@H](COC(C)=O)[C@H](OC(C)=O)[C@]([O])(O)[C@H]1OC(C)=O. The Hall–Kier alpha value is -1.75. The number of rotatable bonds is 6. The summed E-state index contributed by atoms with van der Waals surface area (Å²) in [5.41, 5.74) is 0. The van der Waals surface area contributed by atoms with Crippen LogP contribution in [0.15, 0.2) is 0 Å². The van der Waals surface area contributed by atoms with Crippen molar-refractivity contribution < 1.29 is 48.3 Å². The third-order valence-electron chi connectivity index (χ3n) is 3.08. The van der Waals surface area contributed by atoms with Crippen molar-refractivity contribution in [3.8, 4) is 0 Å². The van der Waals surface area contributed by atoms with Crippen LogP contribution in [0.3, 0.4) is 0 Å². The van der Waals surface area contributed by atoms with E-state index in [1.807, 2.05) is 0 Å². The number of hydrogen-bond donors (Lipinski definition) is 1. The third-order valence-corrected chi connectivity index (χ3v) is 3.08. The summed E-state index contributed by atoms with van der Waals surface area (Å²) in [4.78, 5) is 33.4. The largest absolute Gasteiger partial charge is 0.463 e. The van der Waals surface area contributed by atoms with Crippen LogP contribution < -0.4 is 0 Å².